The highest BCUT2D eigenvalue weighted by atomic mass is 79.9. The van der Waals surface area contributed by atoms with Crippen LogP contribution in [0.5, 0.6) is 0 Å². The van der Waals surface area contributed by atoms with Crippen molar-refractivity contribution in [2.45, 2.75) is 12.8 Å². The van der Waals surface area contributed by atoms with Gasteiger partial charge in [0.05, 0.1) is 0 Å². The van der Waals surface area contributed by atoms with Crippen LogP contribution in [0.2, 0.25) is 0 Å². The van der Waals surface area contributed by atoms with E-state index in [0.29, 0.717) is 6.42 Å². The molecule has 1 rings (SSSR count). The predicted molar refractivity (Wildman–Crippen MR) is 54.6 cm³/mol. The quantitative estimate of drug-likeness (QED) is 0.877. The SMILES string of the molecule is O=C(CCO)Cc1ccc(Br)cc1. The second kappa shape index (κ2) is 5.14. The van der Waals surface area contributed by atoms with Crippen molar-refractivity contribution < 1.29 is 9.90 Å². The molecule has 3 heteroatoms. The zero-order chi connectivity index (χ0) is 9.68. The molecule has 0 saturated carbocycles. The molecule has 0 amide bonds. The molecule has 0 heterocycles. The van der Waals surface area contributed by atoms with Crippen molar-refractivity contribution in [3.05, 3.63) is 34.3 Å². The van der Waals surface area contributed by atoms with Crippen LogP contribution in [-0.4, -0.2) is 17.5 Å². The Kier molecular flexibility index (Phi) is 4.12. The van der Waals surface area contributed by atoms with Crippen molar-refractivity contribution in [1.29, 1.82) is 0 Å². The van der Waals surface area contributed by atoms with Crippen LogP contribution in [0.25, 0.3) is 0 Å². The average Bonchev–Trinajstić information content (AvgIpc) is 2.09. The number of aliphatic hydroxyl groups excluding tert-OH is 1. The highest BCUT2D eigenvalue weighted by molar-refractivity contribution is 9.10. The number of ketones is 1. The van der Waals surface area contributed by atoms with Gasteiger partial charge in [-0.1, -0.05) is 28.1 Å². The fourth-order valence-corrected chi connectivity index (χ4v) is 1.31. The number of halogens is 1. The average molecular weight is 243 g/mol. The van der Waals surface area contributed by atoms with Crippen LogP contribution in [0, 0.1) is 0 Å². The summed E-state index contributed by atoms with van der Waals surface area (Å²) < 4.78 is 1.01. The first kappa shape index (κ1) is 10.4. The molecule has 0 bridgehead atoms. The second-order valence-corrected chi connectivity index (χ2v) is 3.73. The molecule has 0 aliphatic rings. The monoisotopic (exact) mass is 242 g/mol. The standard InChI is InChI=1S/C10H11BrO2/c11-9-3-1-8(2-4-9)7-10(13)5-6-12/h1-4,12H,5-7H2. The first-order valence-corrected chi connectivity index (χ1v) is 4.88. The predicted octanol–water partition coefficient (Wildman–Crippen LogP) is 1.94. The van der Waals surface area contributed by atoms with Gasteiger partial charge in [0.2, 0.25) is 0 Å². The van der Waals surface area contributed by atoms with E-state index < -0.39 is 0 Å². The van der Waals surface area contributed by atoms with Crippen molar-refractivity contribution >= 4 is 21.7 Å². The summed E-state index contributed by atoms with van der Waals surface area (Å²) in [6.07, 6.45) is 0.657. The zero-order valence-electron chi connectivity index (χ0n) is 7.16. The lowest BCUT2D eigenvalue weighted by atomic mass is 10.1. The van der Waals surface area contributed by atoms with E-state index in [0.717, 1.165) is 10.0 Å². The van der Waals surface area contributed by atoms with Crippen molar-refractivity contribution in [3.8, 4) is 0 Å². The highest BCUT2D eigenvalue weighted by Gasteiger charge is 2.01. The number of aliphatic hydroxyl groups is 1. The minimum absolute atomic E-state index is 0.0602. The van der Waals surface area contributed by atoms with Crippen LogP contribution in [-0.2, 0) is 11.2 Å². The third kappa shape index (κ3) is 3.70. The van der Waals surface area contributed by atoms with E-state index in [1.54, 1.807) is 0 Å². The molecule has 2 nitrogen and oxygen atoms in total. The Bertz CT molecular complexity index is 279. The van der Waals surface area contributed by atoms with Gasteiger partial charge < -0.3 is 5.11 Å². The molecule has 0 spiro atoms. The van der Waals surface area contributed by atoms with Crippen LogP contribution in [0.15, 0.2) is 28.7 Å². The first-order valence-electron chi connectivity index (χ1n) is 4.09. The third-order valence-electron chi connectivity index (χ3n) is 1.71. The zero-order valence-corrected chi connectivity index (χ0v) is 8.75. The van der Waals surface area contributed by atoms with E-state index in [1.165, 1.54) is 0 Å². The minimum atomic E-state index is -0.0602. The Morgan fingerprint density at radius 2 is 1.92 bits per heavy atom. The molecule has 0 saturated heterocycles. The fourth-order valence-electron chi connectivity index (χ4n) is 1.04. The number of Topliss-reactive ketones (excluding diaryl/α,β-unsaturated/α-hetero) is 1. The van der Waals surface area contributed by atoms with Gasteiger partial charge in [-0.3, -0.25) is 4.79 Å². The Balaban J connectivity index is 2.54. The van der Waals surface area contributed by atoms with Crippen LogP contribution in [0.4, 0.5) is 0 Å². The Morgan fingerprint density at radius 1 is 1.31 bits per heavy atom. The summed E-state index contributed by atoms with van der Waals surface area (Å²) in [6.45, 7) is -0.0602. The van der Waals surface area contributed by atoms with Gasteiger partial charge >= 0.3 is 0 Å². The van der Waals surface area contributed by atoms with E-state index >= 15 is 0 Å². The maximum absolute atomic E-state index is 11.1. The van der Waals surface area contributed by atoms with Gasteiger partial charge in [-0.2, -0.15) is 0 Å². The topological polar surface area (TPSA) is 37.3 Å². The molecule has 1 N–H and O–H groups in total. The third-order valence-corrected chi connectivity index (χ3v) is 2.23. The Hall–Kier alpha value is -0.670. The summed E-state index contributed by atoms with van der Waals surface area (Å²) in [5.41, 5.74) is 0.988. The van der Waals surface area contributed by atoms with Crippen LogP contribution in [0.3, 0.4) is 0 Å². The Morgan fingerprint density at radius 3 is 2.46 bits per heavy atom. The fraction of sp³-hybridized carbons (Fsp3) is 0.300. The summed E-state index contributed by atoms with van der Waals surface area (Å²) in [7, 11) is 0. The summed E-state index contributed by atoms with van der Waals surface area (Å²) in [6, 6.07) is 7.61. The number of hydrogen-bond acceptors (Lipinski definition) is 2. The number of hydrogen-bond donors (Lipinski definition) is 1. The summed E-state index contributed by atoms with van der Waals surface area (Å²) in [4.78, 5) is 11.1. The molecule has 1 aromatic rings. The van der Waals surface area contributed by atoms with Gasteiger partial charge in [0.25, 0.3) is 0 Å². The van der Waals surface area contributed by atoms with Gasteiger partial charge in [0.1, 0.15) is 5.78 Å². The summed E-state index contributed by atoms with van der Waals surface area (Å²) in [5.74, 6) is 0.0739. The van der Waals surface area contributed by atoms with Crippen molar-refractivity contribution in [1.82, 2.24) is 0 Å². The maximum Gasteiger partial charge on any atom is 0.139 e. The molecule has 13 heavy (non-hydrogen) atoms. The van der Waals surface area contributed by atoms with E-state index in [2.05, 4.69) is 15.9 Å². The van der Waals surface area contributed by atoms with Gasteiger partial charge in [-0.25, -0.2) is 0 Å². The van der Waals surface area contributed by atoms with Gasteiger partial charge in [-0.15, -0.1) is 0 Å². The lowest BCUT2D eigenvalue weighted by molar-refractivity contribution is -0.119. The van der Waals surface area contributed by atoms with Gasteiger partial charge in [0, 0.05) is 23.9 Å². The molecule has 0 atom stereocenters. The second-order valence-electron chi connectivity index (χ2n) is 2.82. The Labute approximate surface area is 85.7 Å². The first-order chi connectivity index (χ1) is 6.22. The minimum Gasteiger partial charge on any atom is -0.396 e. The summed E-state index contributed by atoms with van der Waals surface area (Å²) in [5, 5.41) is 8.53. The largest absolute Gasteiger partial charge is 0.396 e. The van der Waals surface area contributed by atoms with E-state index in [9.17, 15) is 4.79 Å². The van der Waals surface area contributed by atoms with E-state index in [4.69, 9.17) is 5.11 Å². The lowest BCUT2D eigenvalue weighted by Gasteiger charge is -1.99. The molecule has 0 aliphatic heterocycles. The van der Waals surface area contributed by atoms with Crippen LogP contribution >= 0.6 is 15.9 Å². The van der Waals surface area contributed by atoms with Crippen LogP contribution < -0.4 is 0 Å². The maximum atomic E-state index is 11.1. The molecule has 0 radical (unpaired) electrons. The number of carbonyl (C=O) groups excluding carboxylic acids is 1. The number of benzene rings is 1. The molecular weight excluding hydrogens is 232 g/mol. The molecule has 1 aromatic carbocycles. The molecule has 0 unspecified atom stereocenters. The normalized spacial score (nSPS) is 10.0. The molecule has 0 aromatic heterocycles. The van der Waals surface area contributed by atoms with Crippen molar-refractivity contribution in [3.63, 3.8) is 0 Å². The molecular formula is C10H11BrO2. The van der Waals surface area contributed by atoms with E-state index in [-0.39, 0.29) is 18.8 Å². The summed E-state index contributed by atoms with van der Waals surface area (Å²) >= 11 is 3.32. The van der Waals surface area contributed by atoms with Crippen LogP contribution in [0.1, 0.15) is 12.0 Å². The smallest absolute Gasteiger partial charge is 0.139 e. The van der Waals surface area contributed by atoms with Gasteiger partial charge in [0.15, 0.2) is 0 Å². The van der Waals surface area contributed by atoms with Gasteiger partial charge in [-0.05, 0) is 17.7 Å². The lowest BCUT2D eigenvalue weighted by Crippen LogP contribution is -2.04. The highest BCUT2D eigenvalue weighted by Crippen LogP contribution is 2.11. The van der Waals surface area contributed by atoms with E-state index in [1.807, 2.05) is 24.3 Å². The molecule has 0 aliphatic carbocycles. The van der Waals surface area contributed by atoms with Crippen molar-refractivity contribution in [2.75, 3.05) is 6.61 Å². The molecule has 0 fully saturated rings. The van der Waals surface area contributed by atoms with Crippen molar-refractivity contribution in [2.24, 2.45) is 0 Å². The molecule has 70 valence electrons. The number of rotatable bonds is 4. The number of carbonyl (C=O) groups is 1.